The molecule has 0 radical (unpaired) electrons. The number of hydrogen-bond donors (Lipinski definition) is 2. The van der Waals surface area contributed by atoms with Crippen LogP contribution < -0.4 is 19.9 Å². The smallest absolute Gasteiger partial charge is 0.318 e. The van der Waals surface area contributed by atoms with Crippen molar-refractivity contribution < 1.29 is 14.6 Å². The Bertz CT molecular complexity index is 1360. The summed E-state index contributed by atoms with van der Waals surface area (Å²) in [7, 11) is 0. The third-order valence-electron chi connectivity index (χ3n) is 8.50. The van der Waals surface area contributed by atoms with E-state index in [0.717, 1.165) is 85.1 Å². The number of β-amino-alcohol motifs (C(OH)–C–C–N with tert-alkyl or cyclic N) is 1. The van der Waals surface area contributed by atoms with Crippen LogP contribution in [0.25, 0.3) is 10.8 Å². The molecule has 4 aliphatic heterocycles. The zero-order valence-corrected chi connectivity index (χ0v) is 22.9. The lowest BCUT2D eigenvalue weighted by Gasteiger charge is -2.35. The number of likely N-dealkylation sites (tertiary alicyclic amines) is 1. The van der Waals surface area contributed by atoms with E-state index in [0.29, 0.717) is 44.8 Å². The molecule has 7 rings (SSSR count). The van der Waals surface area contributed by atoms with Crippen molar-refractivity contribution in [1.29, 1.82) is 0 Å². The lowest BCUT2D eigenvalue weighted by atomic mass is 10.0. The van der Waals surface area contributed by atoms with E-state index in [1.54, 1.807) is 0 Å². The Labute approximate surface area is 233 Å². The third-order valence-corrected chi connectivity index (χ3v) is 8.81. The third kappa shape index (κ3) is 4.91. The van der Waals surface area contributed by atoms with Crippen LogP contribution in [0.4, 0.5) is 11.5 Å². The van der Waals surface area contributed by atoms with Crippen molar-refractivity contribution >= 4 is 33.9 Å². The van der Waals surface area contributed by atoms with Crippen LogP contribution >= 0.6 is 11.6 Å². The molecule has 0 aliphatic carbocycles. The van der Waals surface area contributed by atoms with E-state index in [-0.39, 0.29) is 0 Å². The molecule has 2 aromatic carbocycles. The second-order valence-electron chi connectivity index (χ2n) is 11.1. The summed E-state index contributed by atoms with van der Waals surface area (Å²) in [5.41, 5.74) is 3.40. The Kier molecular flexibility index (Phi) is 6.72. The van der Waals surface area contributed by atoms with Crippen LogP contribution in [0.2, 0.25) is 5.02 Å². The quantitative estimate of drug-likeness (QED) is 0.431. The zero-order valence-electron chi connectivity index (χ0n) is 22.1. The monoisotopic (exact) mass is 550 g/mol. The topological polar surface area (TPSA) is 86.2 Å². The predicted molar refractivity (Wildman–Crippen MR) is 152 cm³/mol. The first-order chi connectivity index (χ1) is 19.1. The minimum Gasteiger partial charge on any atom is -0.463 e. The predicted octanol–water partition coefficient (Wildman–Crippen LogP) is 2.82. The van der Waals surface area contributed by atoms with Crippen molar-refractivity contribution in [1.82, 2.24) is 20.2 Å². The maximum atomic E-state index is 10.4. The molecule has 3 saturated heterocycles. The Hall–Kier alpha value is -2.69. The average molecular weight is 551 g/mol. The number of aliphatic hydroxyl groups is 1. The lowest BCUT2D eigenvalue weighted by molar-refractivity contribution is -0.185. The zero-order chi connectivity index (χ0) is 26.4. The number of nitrogens with zero attached hydrogens (tertiary/aromatic N) is 5. The lowest BCUT2D eigenvalue weighted by Crippen LogP contribution is -2.45. The van der Waals surface area contributed by atoms with Crippen molar-refractivity contribution in [3.05, 3.63) is 52.7 Å². The molecule has 10 heteroatoms. The van der Waals surface area contributed by atoms with Crippen LogP contribution in [0.1, 0.15) is 24.1 Å². The molecule has 2 bridgehead atoms. The van der Waals surface area contributed by atoms with Crippen LogP contribution in [0.5, 0.6) is 6.01 Å². The molecule has 9 nitrogen and oxygen atoms in total. The van der Waals surface area contributed by atoms with Gasteiger partial charge in [0, 0.05) is 68.4 Å². The SMILES string of the molecule is O[C@@]12C[C@@H](CO1)N(CCCOc1nc3c(c(N4CCNCC4)n1)CCN(c1cccc4cccc(Cl)c14)C3)C2. The highest BCUT2D eigenvalue weighted by Crippen LogP contribution is 2.37. The minimum absolute atomic E-state index is 0.308. The standard InChI is InChI=1S/C29H35ClN6O3/c30-23-6-1-4-20-5-2-7-25(26(20)23)35-12-8-22-24(17-35)32-28(33-27(22)34-13-9-31-10-14-34)38-15-3-11-36-19-29(37)16-21(36)18-39-29/h1-2,4-7,21,31,37H,3,8-19H2/t21-,29-/m0/s1. The molecule has 0 amide bonds. The summed E-state index contributed by atoms with van der Waals surface area (Å²) in [6.45, 7) is 7.89. The molecule has 1 aromatic heterocycles. The molecular formula is C29H35ClN6O3. The molecule has 5 heterocycles. The summed E-state index contributed by atoms with van der Waals surface area (Å²) in [5, 5.41) is 16.8. The first-order valence-electron chi connectivity index (χ1n) is 14.1. The fraction of sp³-hybridized carbons (Fsp3) is 0.517. The molecule has 2 N–H and O–H groups in total. The van der Waals surface area contributed by atoms with Crippen LogP contribution in [0.15, 0.2) is 36.4 Å². The van der Waals surface area contributed by atoms with E-state index in [2.05, 4.69) is 44.3 Å². The van der Waals surface area contributed by atoms with Crippen LogP contribution in [0, 0.1) is 0 Å². The van der Waals surface area contributed by atoms with Crippen molar-refractivity contribution in [2.45, 2.75) is 37.6 Å². The fourth-order valence-electron chi connectivity index (χ4n) is 6.56. The second kappa shape index (κ2) is 10.4. The number of anilines is 2. The van der Waals surface area contributed by atoms with E-state index < -0.39 is 5.79 Å². The Morgan fingerprint density at radius 2 is 1.95 bits per heavy atom. The van der Waals surface area contributed by atoms with E-state index in [4.69, 9.17) is 31.0 Å². The molecule has 0 saturated carbocycles. The van der Waals surface area contributed by atoms with Gasteiger partial charge in [-0.15, -0.1) is 0 Å². The van der Waals surface area contributed by atoms with Gasteiger partial charge >= 0.3 is 6.01 Å². The summed E-state index contributed by atoms with van der Waals surface area (Å²) < 4.78 is 11.7. The number of halogens is 1. The number of fused-ring (bicyclic) bond motifs is 4. The van der Waals surface area contributed by atoms with Crippen LogP contribution in [-0.2, 0) is 17.7 Å². The van der Waals surface area contributed by atoms with Gasteiger partial charge in [0.05, 0.1) is 37.0 Å². The summed E-state index contributed by atoms with van der Waals surface area (Å²) in [5.74, 6) is 0.0641. The van der Waals surface area contributed by atoms with Gasteiger partial charge in [-0.2, -0.15) is 9.97 Å². The van der Waals surface area contributed by atoms with Gasteiger partial charge in [-0.1, -0.05) is 35.9 Å². The first kappa shape index (κ1) is 25.3. The number of aromatic nitrogens is 2. The van der Waals surface area contributed by atoms with Gasteiger partial charge in [-0.3, -0.25) is 4.90 Å². The molecule has 4 aliphatic rings. The number of ether oxygens (including phenoxy) is 2. The van der Waals surface area contributed by atoms with E-state index >= 15 is 0 Å². The number of piperazine rings is 1. The first-order valence-corrected chi connectivity index (χ1v) is 14.4. The summed E-state index contributed by atoms with van der Waals surface area (Å²) in [4.78, 5) is 16.9. The van der Waals surface area contributed by atoms with E-state index in [1.165, 1.54) is 5.56 Å². The largest absolute Gasteiger partial charge is 0.463 e. The number of nitrogens with one attached hydrogen (secondary N) is 1. The number of morpholine rings is 1. The van der Waals surface area contributed by atoms with Crippen molar-refractivity contribution in [2.75, 3.05) is 68.8 Å². The Morgan fingerprint density at radius 3 is 2.74 bits per heavy atom. The highest BCUT2D eigenvalue weighted by atomic mass is 35.5. The molecular weight excluding hydrogens is 516 g/mol. The van der Waals surface area contributed by atoms with Crippen molar-refractivity contribution in [3.63, 3.8) is 0 Å². The summed E-state index contributed by atoms with van der Waals surface area (Å²) >= 11 is 6.67. The van der Waals surface area contributed by atoms with E-state index in [9.17, 15) is 5.11 Å². The van der Waals surface area contributed by atoms with E-state index in [1.807, 2.05) is 12.1 Å². The molecule has 0 spiro atoms. The maximum absolute atomic E-state index is 10.4. The number of benzene rings is 2. The Morgan fingerprint density at radius 1 is 1.10 bits per heavy atom. The van der Waals surface area contributed by atoms with Crippen molar-refractivity contribution in [2.24, 2.45) is 0 Å². The summed E-state index contributed by atoms with van der Waals surface area (Å²) in [6.07, 6.45) is 2.42. The molecule has 2 atom stereocenters. The molecule has 39 heavy (non-hydrogen) atoms. The number of hydrogen-bond acceptors (Lipinski definition) is 9. The second-order valence-corrected chi connectivity index (χ2v) is 11.5. The van der Waals surface area contributed by atoms with Gasteiger partial charge in [-0.25, -0.2) is 0 Å². The fourth-order valence-corrected chi connectivity index (χ4v) is 6.84. The molecule has 206 valence electrons. The van der Waals surface area contributed by atoms with Crippen LogP contribution in [0.3, 0.4) is 0 Å². The average Bonchev–Trinajstić information content (AvgIpc) is 3.51. The van der Waals surface area contributed by atoms with Gasteiger partial charge in [0.2, 0.25) is 0 Å². The van der Waals surface area contributed by atoms with Gasteiger partial charge < -0.3 is 29.7 Å². The van der Waals surface area contributed by atoms with Gasteiger partial charge in [0.25, 0.3) is 0 Å². The molecule has 0 unspecified atom stereocenters. The molecule has 3 fully saturated rings. The van der Waals surface area contributed by atoms with Gasteiger partial charge in [0.15, 0.2) is 5.79 Å². The van der Waals surface area contributed by atoms with Gasteiger partial charge in [0.1, 0.15) is 5.82 Å². The van der Waals surface area contributed by atoms with Crippen molar-refractivity contribution in [3.8, 4) is 6.01 Å². The Balaban J connectivity index is 1.11. The highest BCUT2D eigenvalue weighted by Gasteiger charge is 2.49. The van der Waals surface area contributed by atoms with Crippen LogP contribution in [-0.4, -0.2) is 90.8 Å². The maximum Gasteiger partial charge on any atom is 0.318 e. The number of rotatable bonds is 7. The highest BCUT2D eigenvalue weighted by molar-refractivity contribution is 6.36. The molecule has 3 aromatic rings. The van der Waals surface area contributed by atoms with Gasteiger partial charge in [-0.05, 0) is 30.4 Å². The normalized spacial score (nSPS) is 24.9. The minimum atomic E-state index is -0.953. The summed E-state index contributed by atoms with van der Waals surface area (Å²) in [6, 6.07) is 13.2.